The van der Waals surface area contributed by atoms with Crippen LogP contribution in [0.15, 0.2) is 53.6 Å². The van der Waals surface area contributed by atoms with Gasteiger partial charge < -0.3 is 15.2 Å². The molecule has 29 heavy (non-hydrogen) atoms. The smallest absolute Gasteiger partial charge is 0.264 e. The Bertz CT molecular complexity index is 1120. The average Bonchev–Trinajstić information content (AvgIpc) is 2.73. The first kappa shape index (κ1) is 18.9. The van der Waals surface area contributed by atoms with Gasteiger partial charge in [-0.05, 0) is 31.0 Å². The molecule has 7 heteroatoms. The lowest BCUT2D eigenvalue weighted by Gasteiger charge is -2.28. The Kier molecular flexibility index (Phi) is 4.88. The molecule has 3 heterocycles. The maximum atomic E-state index is 13.3. The van der Waals surface area contributed by atoms with Gasteiger partial charge in [-0.25, -0.2) is 9.97 Å². The van der Waals surface area contributed by atoms with Crippen molar-refractivity contribution in [2.24, 2.45) is 0 Å². The molecule has 0 spiro atoms. The van der Waals surface area contributed by atoms with Crippen molar-refractivity contribution < 1.29 is 4.79 Å². The molecule has 1 atom stereocenters. The average molecular weight is 389 g/mol. The fraction of sp³-hybridized carbons (Fsp3) is 0.273. The Hall–Kier alpha value is -3.48. The maximum Gasteiger partial charge on any atom is 0.264 e. The monoisotopic (exact) mass is 389 g/mol. The predicted molar refractivity (Wildman–Crippen MR) is 111 cm³/mol. The summed E-state index contributed by atoms with van der Waals surface area (Å²) in [5, 5.41) is 0. The van der Waals surface area contributed by atoms with Gasteiger partial charge in [0.1, 0.15) is 5.56 Å². The van der Waals surface area contributed by atoms with Crippen LogP contribution in [0.1, 0.15) is 45.7 Å². The van der Waals surface area contributed by atoms with Crippen molar-refractivity contribution >= 4 is 11.9 Å². The van der Waals surface area contributed by atoms with Crippen LogP contribution in [-0.2, 0) is 13.0 Å². The van der Waals surface area contributed by atoms with Gasteiger partial charge in [0, 0.05) is 37.5 Å². The van der Waals surface area contributed by atoms with Crippen molar-refractivity contribution in [1.82, 2.24) is 19.4 Å². The van der Waals surface area contributed by atoms with Crippen molar-refractivity contribution in [2.75, 3.05) is 12.3 Å². The van der Waals surface area contributed by atoms with E-state index in [1.807, 2.05) is 43.3 Å². The van der Waals surface area contributed by atoms with Crippen LogP contribution in [0.25, 0.3) is 0 Å². The van der Waals surface area contributed by atoms with E-state index >= 15 is 0 Å². The first-order valence-corrected chi connectivity index (χ1v) is 9.62. The molecule has 2 N–H and O–H groups in total. The van der Waals surface area contributed by atoms with E-state index in [1.54, 1.807) is 28.8 Å². The molecule has 2 aromatic heterocycles. The van der Waals surface area contributed by atoms with Gasteiger partial charge >= 0.3 is 0 Å². The molecule has 4 rings (SSSR count). The van der Waals surface area contributed by atoms with Crippen molar-refractivity contribution in [3.63, 3.8) is 0 Å². The van der Waals surface area contributed by atoms with Crippen LogP contribution >= 0.6 is 0 Å². The minimum atomic E-state index is -0.272. The third-order valence-corrected chi connectivity index (χ3v) is 5.48. The number of nitrogens with two attached hydrogens (primary N) is 1. The minimum Gasteiger partial charge on any atom is -0.368 e. The maximum absolute atomic E-state index is 13.3. The Morgan fingerprint density at radius 2 is 1.97 bits per heavy atom. The lowest BCUT2D eigenvalue weighted by molar-refractivity contribution is 0.0730. The molecule has 1 aromatic carbocycles. The van der Waals surface area contributed by atoms with Crippen molar-refractivity contribution in [2.45, 2.75) is 32.9 Å². The van der Waals surface area contributed by atoms with Gasteiger partial charge in [0.15, 0.2) is 0 Å². The number of benzene rings is 1. The molecule has 0 bridgehead atoms. The summed E-state index contributed by atoms with van der Waals surface area (Å²) in [6.45, 7) is 4.62. The molecule has 0 fully saturated rings. The van der Waals surface area contributed by atoms with Gasteiger partial charge in [-0.1, -0.05) is 30.3 Å². The third kappa shape index (κ3) is 3.51. The fourth-order valence-corrected chi connectivity index (χ4v) is 3.76. The largest absolute Gasteiger partial charge is 0.368 e. The van der Waals surface area contributed by atoms with Gasteiger partial charge in [-0.3, -0.25) is 9.59 Å². The first-order chi connectivity index (χ1) is 14.0. The lowest BCUT2D eigenvalue weighted by atomic mass is 10.0. The molecule has 148 valence electrons. The van der Waals surface area contributed by atoms with Crippen LogP contribution in [0.2, 0.25) is 0 Å². The first-order valence-electron chi connectivity index (χ1n) is 9.62. The van der Waals surface area contributed by atoms with E-state index in [0.29, 0.717) is 25.1 Å². The van der Waals surface area contributed by atoms with Crippen molar-refractivity contribution in [1.29, 1.82) is 0 Å². The topological polar surface area (TPSA) is 94.1 Å². The Morgan fingerprint density at radius 3 is 2.72 bits per heavy atom. The molecule has 1 aliphatic heterocycles. The highest BCUT2D eigenvalue weighted by molar-refractivity contribution is 5.95. The Labute approximate surface area is 168 Å². The van der Waals surface area contributed by atoms with Crippen molar-refractivity contribution in [3.05, 3.63) is 87.1 Å². The summed E-state index contributed by atoms with van der Waals surface area (Å²) >= 11 is 0. The quantitative estimate of drug-likeness (QED) is 0.742. The minimum absolute atomic E-state index is 0.172. The number of pyridine rings is 1. The molecule has 0 saturated carbocycles. The van der Waals surface area contributed by atoms with Crippen LogP contribution in [0.4, 0.5) is 5.95 Å². The standard InChI is InChI=1S/C22H23N5O2/c1-14-8-11-27(15(2)16-6-4-3-5-7-16)21(29)19(14)20(28)26-10-9-18-17(13-26)12-24-22(23)25-18/h3-8,11-12,15H,9-10,13H2,1-2H3,(H2,23,24,25). The van der Waals surface area contributed by atoms with E-state index in [4.69, 9.17) is 5.73 Å². The number of hydrogen-bond donors (Lipinski definition) is 1. The summed E-state index contributed by atoms with van der Waals surface area (Å²) in [5.41, 5.74) is 9.02. The third-order valence-electron chi connectivity index (χ3n) is 5.48. The second-order valence-corrected chi connectivity index (χ2v) is 7.35. The summed E-state index contributed by atoms with van der Waals surface area (Å²) in [4.78, 5) is 36.5. The summed E-state index contributed by atoms with van der Waals surface area (Å²) in [7, 11) is 0. The van der Waals surface area contributed by atoms with Crippen LogP contribution in [0.3, 0.4) is 0 Å². The van der Waals surface area contributed by atoms with E-state index in [-0.39, 0.29) is 29.0 Å². The number of fused-ring (bicyclic) bond motifs is 1. The molecular formula is C22H23N5O2. The van der Waals surface area contributed by atoms with Gasteiger partial charge in [0.05, 0.1) is 11.7 Å². The van der Waals surface area contributed by atoms with Gasteiger partial charge in [-0.15, -0.1) is 0 Å². The number of carbonyl (C=O) groups is 1. The van der Waals surface area contributed by atoms with E-state index in [1.165, 1.54) is 0 Å². The molecule has 7 nitrogen and oxygen atoms in total. The van der Waals surface area contributed by atoms with E-state index in [0.717, 1.165) is 16.8 Å². The zero-order valence-electron chi connectivity index (χ0n) is 16.5. The molecular weight excluding hydrogens is 366 g/mol. The Balaban J connectivity index is 1.67. The van der Waals surface area contributed by atoms with Crippen LogP contribution in [0, 0.1) is 6.92 Å². The van der Waals surface area contributed by atoms with Crippen LogP contribution < -0.4 is 11.3 Å². The normalized spacial score (nSPS) is 14.3. The summed E-state index contributed by atoms with van der Waals surface area (Å²) < 4.78 is 1.62. The summed E-state index contributed by atoms with van der Waals surface area (Å²) in [6.07, 6.45) is 4.01. The number of hydrogen-bond acceptors (Lipinski definition) is 5. The lowest BCUT2D eigenvalue weighted by Crippen LogP contribution is -2.41. The van der Waals surface area contributed by atoms with Crippen LogP contribution in [-0.4, -0.2) is 31.9 Å². The van der Waals surface area contributed by atoms with E-state index in [2.05, 4.69) is 9.97 Å². The molecule has 1 aliphatic rings. The summed E-state index contributed by atoms with van der Waals surface area (Å²) in [6, 6.07) is 11.4. The van der Waals surface area contributed by atoms with Gasteiger partial charge in [-0.2, -0.15) is 0 Å². The zero-order valence-corrected chi connectivity index (χ0v) is 16.5. The summed E-state index contributed by atoms with van der Waals surface area (Å²) in [5.74, 6) is -0.0233. The number of carbonyl (C=O) groups excluding carboxylic acids is 1. The molecule has 0 aliphatic carbocycles. The number of aromatic nitrogens is 3. The van der Waals surface area contributed by atoms with E-state index < -0.39 is 0 Å². The molecule has 1 amide bonds. The van der Waals surface area contributed by atoms with Gasteiger partial charge in [0.25, 0.3) is 11.5 Å². The highest BCUT2D eigenvalue weighted by Gasteiger charge is 2.27. The Morgan fingerprint density at radius 1 is 1.21 bits per heavy atom. The number of aryl methyl sites for hydroxylation is 1. The fourth-order valence-electron chi connectivity index (χ4n) is 3.76. The zero-order chi connectivity index (χ0) is 20.5. The van der Waals surface area contributed by atoms with Crippen molar-refractivity contribution in [3.8, 4) is 0 Å². The van der Waals surface area contributed by atoms with Crippen LogP contribution in [0.5, 0.6) is 0 Å². The highest BCUT2D eigenvalue weighted by Crippen LogP contribution is 2.21. The molecule has 1 unspecified atom stereocenters. The second-order valence-electron chi connectivity index (χ2n) is 7.35. The SMILES string of the molecule is Cc1ccn(C(C)c2ccccc2)c(=O)c1C(=O)N1CCc2nc(N)ncc2C1. The van der Waals surface area contributed by atoms with E-state index in [9.17, 15) is 9.59 Å². The number of nitrogen functional groups attached to an aromatic ring is 1. The number of nitrogens with zero attached hydrogens (tertiary/aromatic N) is 4. The molecule has 0 saturated heterocycles. The highest BCUT2D eigenvalue weighted by atomic mass is 16.2. The second kappa shape index (κ2) is 7.50. The molecule has 3 aromatic rings. The predicted octanol–water partition coefficient (Wildman–Crippen LogP) is 2.34. The number of rotatable bonds is 3. The van der Waals surface area contributed by atoms with Gasteiger partial charge in [0.2, 0.25) is 5.95 Å². The number of amides is 1. The number of anilines is 1. The molecule has 0 radical (unpaired) electrons.